The molecule has 0 N–H and O–H groups in total. The third-order valence-corrected chi connectivity index (χ3v) is 4.40. The molecular formula is C18H30O. The topological polar surface area (TPSA) is 17.1 Å². The van der Waals surface area contributed by atoms with Crippen LogP contribution < -0.4 is 0 Å². The fourth-order valence-corrected chi connectivity index (χ4v) is 2.93. The van der Waals surface area contributed by atoms with Gasteiger partial charge < -0.3 is 0 Å². The van der Waals surface area contributed by atoms with Gasteiger partial charge >= 0.3 is 0 Å². The van der Waals surface area contributed by atoms with Gasteiger partial charge in [0, 0.05) is 11.8 Å². The van der Waals surface area contributed by atoms with E-state index in [1.54, 1.807) is 0 Å². The van der Waals surface area contributed by atoms with Crippen LogP contribution in [0.5, 0.6) is 0 Å². The van der Waals surface area contributed by atoms with E-state index in [1.807, 2.05) is 0 Å². The van der Waals surface area contributed by atoms with E-state index < -0.39 is 0 Å². The summed E-state index contributed by atoms with van der Waals surface area (Å²) in [5.41, 5.74) is 2.79. The Kier molecular flexibility index (Phi) is 5.58. The van der Waals surface area contributed by atoms with Gasteiger partial charge in [0.15, 0.2) is 0 Å². The van der Waals surface area contributed by atoms with Gasteiger partial charge in [-0.1, -0.05) is 37.1 Å². The highest BCUT2D eigenvalue weighted by molar-refractivity contribution is 5.85. The van der Waals surface area contributed by atoms with E-state index in [0.717, 1.165) is 19.3 Å². The van der Waals surface area contributed by atoms with Crippen LogP contribution in [0.2, 0.25) is 0 Å². The summed E-state index contributed by atoms with van der Waals surface area (Å²) in [6, 6.07) is 0. The van der Waals surface area contributed by atoms with Crippen molar-refractivity contribution in [1.82, 2.24) is 0 Å². The number of carbonyl (C=O) groups is 1. The molecule has 0 spiro atoms. The van der Waals surface area contributed by atoms with Gasteiger partial charge in [-0.05, 0) is 58.8 Å². The van der Waals surface area contributed by atoms with Crippen LogP contribution in [-0.4, -0.2) is 5.78 Å². The summed E-state index contributed by atoms with van der Waals surface area (Å²) in [4.78, 5) is 12.7. The molecule has 108 valence electrons. The number of hydrogen-bond donors (Lipinski definition) is 0. The summed E-state index contributed by atoms with van der Waals surface area (Å²) in [6.07, 6.45) is 8.52. The lowest BCUT2D eigenvalue weighted by molar-refractivity contribution is -0.134. The van der Waals surface area contributed by atoms with Crippen LogP contribution >= 0.6 is 0 Å². The molecule has 0 aliphatic heterocycles. The summed E-state index contributed by atoms with van der Waals surface area (Å²) in [5, 5.41) is 0. The van der Waals surface area contributed by atoms with Crippen molar-refractivity contribution in [3.05, 3.63) is 23.3 Å². The lowest BCUT2D eigenvalue weighted by Gasteiger charge is -2.40. The van der Waals surface area contributed by atoms with Gasteiger partial charge in [-0.2, -0.15) is 0 Å². The largest absolute Gasteiger partial charge is 0.299 e. The van der Waals surface area contributed by atoms with Gasteiger partial charge in [0.2, 0.25) is 0 Å². The quantitative estimate of drug-likeness (QED) is 0.627. The first-order valence-corrected chi connectivity index (χ1v) is 7.54. The molecular weight excluding hydrogens is 232 g/mol. The molecule has 1 fully saturated rings. The molecule has 1 saturated carbocycles. The van der Waals surface area contributed by atoms with E-state index in [4.69, 9.17) is 0 Å². The summed E-state index contributed by atoms with van der Waals surface area (Å²) >= 11 is 0. The number of hydrogen-bond acceptors (Lipinski definition) is 1. The zero-order valence-electron chi connectivity index (χ0n) is 13.5. The summed E-state index contributed by atoms with van der Waals surface area (Å²) in [5.74, 6) is 0.941. The number of ketones is 1. The van der Waals surface area contributed by atoms with E-state index >= 15 is 0 Å². The number of rotatable bonds is 4. The van der Waals surface area contributed by atoms with Crippen molar-refractivity contribution >= 4 is 5.78 Å². The Morgan fingerprint density at radius 3 is 2.16 bits per heavy atom. The van der Waals surface area contributed by atoms with E-state index in [9.17, 15) is 4.79 Å². The third kappa shape index (κ3) is 4.63. The Balaban J connectivity index is 2.81. The highest BCUT2D eigenvalue weighted by Crippen LogP contribution is 2.43. The molecule has 1 rings (SSSR count). The molecule has 0 aromatic carbocycles. The minimum atomic E-state index is 0.157. The molecule has 1 nitrogen and oxygen atoms in total. The first kappa shape index (κ1) is 16.2. The molecule has 0 saturated heterocycles. The normalized spacial score (nSPS) is 25.9. The molecule has 2 atom stereocenters. The SMILES string of the molecule is CC(C)=CCC1CCC(C)(C)C(CC=C(C)C)C1=O. The average Bonchev–Trinajstić information content (AvgIpc) is 2.26. The zero-order chi connectivity index (χ0) is 14.6. The van der Waals surface area contributed by atoms with Crippen molar-refractivity contribution < 1.29 is 4.79 Å². The van der Waals surface area contributed by atoms with Gasteiger partial charge in [-0.25, -0.2) is 0 Å². The van der Waals surface area contributed by atoms with Crippen LogP contribution in [0.1, 0.15) is 67.2 Å². The van der Waals surface area contributed by atoms with Gasteiger partial charge in [0.05, 0.1) is 0 Å². The summed E-state index contributed by atoms with van der Waals surface area (Å²) in [7, 11) is 0. The summed E-state index contributed by atoms with van der Waals surface area (Å²) < 4.78 is 0. The van der Waals surface area contributed by atoms with Crippen molar-refractivity contribution in [1.29, 1.82) is 0 Å². The van der Waals surface area contributed by atoms with Crippen molar-refractivity contribution in [2.75, 3.05) is 0 Å². The minimum absolute atomic E-state index is 0.157. The monoisotopic (exact) mass is 262 g/mol. The molecule has 1 heteroatoms. The third-order valence-electron chi connectivity index (χ3n) is 4.40. The molecule has 1 aliphatic carbocycles. The van der Waals surface area contributed by atoms with Gasteiger partial charge in [0.1, 0.15) is 5.78 Å². The molecule has 0 radical (unpaired) electrons. The number of Topliss-reactive ketones (excluding diaryl/α,β-unsaturated/α-hetero) is 1. The highest BCUT2D eigenvalue weighted by atomic mass is 16.1. The summed E-state index contributed by atoms with van der Waals surface area (Å²) in [6.45, 7) is 13.0. The average molecular weight is 262 g/mol. The minimum Gasteiger partial charge on any atom is -0.299 e. The van der Waals surface area contributed by atoms with Gasteiger partial charge in [-0.15, -0.1) is 0 Å². The maximum absolute atomic E-state index is 12.7. The smallest absolute Gasteiger partial charge is 0.140 e. The number of carbonyl (C=O) groups excluding carboxylic acids is 1. The molecule has 1 aliphatic rings. The fraction of sp³-hybridized carbons (Fsp3) is 0.722. The van der Waals surface area contributed by atoms with Gasteiger partial charge in [-0.3, -0.25) is 4.79 Å². The van der Waals surface area contributed by atoms with Gasteiger partial charge in [0.25, 0.3) is 0 Å². The maximum atomic E-state index is 12.7. The maximum Gasteiger partial charge on any atom is 0.140 e. The molecule has 0 aromatic rings. The van der Waals surface area contributed by atoms with E-state index in [-0.39, 0.29) is 17.3 Å². The predicted molar refractivity (Wildman–Crippen MR) is 83.1 cm³/mol. The predicted octanol–water partition coefficient (Wildman–Crippen LogP) is 5.32. The Morgan fingerprint density at radius 2 is 1.63 bits per heavy atom. The molecule has 19 heavy (non-hydrogen) atoms. The molecule has 2 unspecified atom stereocenters. The van der Waals surface area contributed by atoms with E-state index in [0.29, 0.717) is 5.78 Å². The first-order valence-electron chi connectivity index (χ1n) is 7.54. The first-order chi connectivity index (χ1) is 8.74. The Labute approximate surface area is 119 Å². The van der Waals surface area contributed by atoms with E-state index in [1.165, 1.54) is 17.6 Å². The second-order valence-electron chi connectivity index (χ2n) is 7.21. The Bertz CT molecular complexity index is 376. The number of allylic oxidation sites excluding steroid dienone is 4. The van der Waals surface area contributed by atoms with Crippen LogP contribution in [-0.2, 0) is 4.79 Å². The van der Waals surface area contributed by atoms with Crippen LogP contribution in [0, 0.1) is 17.3 Å². The van der Waals surface area contributed by atoms with Crippen LogP contribution in [0.25, 0.3) is 0 Å². The van der Waals surface area contributed by atoms with Crippen molar-refractivity contribution in [2.24, 2.45) is 17.3 Å². The lowest BCUT2D eigenvalue weighted by Crippen LogP contribution is -2.40. The van der Waals surface area contributed by atoms with Crippen molar-refractivity contribution in [2.45, 2.75) is 67.2 Å². The van der Waals surface area contributed by atoms with Crippen LogP contribution in [0.15, 0.2) is 23.3 Å². The lowest BCUT2D eigenvalue weighted by atomic mass is 9.63. The zero-order valence-corrected chi connectivity index (χ0v) is 13.5. The highest BCUT2D eigenvalue weighted by Gasteiger charge is 2.41. The molecule has 0 aromatic heterocycles. The van der Waals surface area contributed by atoms with Crippen molar-refractivity contribution in [3.8, 4) is 0 Å². The Morgan fingerprint density at radius 1 is 1.11 bits per heavy atom. The second kappa shape index (κ2) is 6.54. The van der Waals surface area contributed by atoms with Crippen molar-refractivity contribution in [3.63, 3.8) is 0 Å². The Hall–Kier alpha value is -0.850. The second-order valence-corrected chi connectivity index (χ2v) is 7.21. The van der Waals surface area contributed by atoms with Crippen LogP contribution in [0.3, 0.4) is 0 Å². The standard InChI is InChI=1S/C18H30O/c1-13(2)7-9-15-11-12-18(5,6)16(17(15)19)10-8-14(3)4/h7-8,15-16H,9-12H2,1-6H3. The van der Waals surface area contributed by atoms with E-state index in [2.05, 4.69) is 53.7 Å². The molecule has 0 heterocycles. The van der Waals surface area contributed by atoms with Crippen LogP contribution in [0.4, 0.5) is 0 Å². The molecule has 0 amide bonds. The fourth-order valence-electron chi connectivity index (χ4n) is 2.93. The molecule has 0 bridgehead atoms.